The first-order chi connectivity index (χ1) is 12.6. The van der Waals surface area contributed by atoms with Crippen LogP contribution in [0.1, 0.15) is 64.7 Å². The number of hydrogen-bond acceptors (Lipinski definition) is 4. The van der Waals surface area contributed by atoms with Crippen LogP contribution in [0.4, 0.5) is 0 Å². The second-order valence-electron chi connectivity index (χ2n) is 8.87. The van der Waals surface area contributed by atoms with Crippen molar-refractivity contribution in [3.05, 3.63) is 0 Å². The second kappa shape index (κ2) is 9.52. The summed E-state index contributed by atoms with van der Waals surface area (Å²) in [7, 11) is 2.20. The summed E-state index contributed by atoms with van der Waals surface area (Å²) < 4.78 is 0. The third-order valence-electron chi connectivity index (χ3n) is 7.07. The highest BCUT2D eigenvalue weighted by Crippen LogP contribution is 2.35. The Morgan fingerprint density at radius 2 is 1.54 bits per heavy atom. The fraction of sp³-hybridized carbons (Fsp3) is 0.952. The molecule has 5 nitrogen and oxygen atoms in total. The van der Waals surface area contributed by atoms with Crippen LogP contribution in [0.2, 0.25) is 0 Å². The van der Waals surface area contributed by atoms with Crippen molar-refractivity contribution in [2.75, 3.05) is 52.9 Å². The summed E-state index contributed by atoms with van der Waals surface area (Å²) in [5, 5.41) is 3.35. The van der Waals surface area contributed by atoms with Crippen molar-refractivity contribution >= 4 is 5.91 Å². The van der Waals surface area contributed by atoms with E-state index in [4.69, 9.17) is 0 Å². The number of hydrogen-bond donors (Lipinski definition) is 1. The monoisotopic (exact) mass is 364 g/mol. The van der Waals surface area contributed by atoms with Gasteiger partial charge in [-0.2, -0.15) is 0 Å². The van der Waals surface area contributed by atoms with Gasteiger partial charge in [0.15, 0.2) is 0 Å². The van der Waals surface area contributed by atoms with Crippen molar-refractivity contribution in [3.63, 3.8) is 0 Å². The number of amides is 1. The van der Waals surface area contributed by atoms with Crippen LogP contribution in [-0.2, 0) is 4.79 Å². The predicted molar refractivity (Wildman–Crippen MR) is 107 cm³/mol. The minimum Gasteiger partial charge on any atom is -0.354 e. The van der Waals surface area contributed by atoms with Crippen LogP contribution in [0.3, 0.4) is 0 Å². The lowest BCUT2D eigenvalue weighted by atomic mass is 9.78. The summed E-state index contributed by atoms with van der Waals surface area (Å²) >= 11 is 0. The van der Waals surface area contributed by atoms with Crippen LogP contribution in [-0.4, -0.2) is 85.0 Å². The molecule has 1 unspecified atom stereocenters. The maximum atomic E-state index is 13.2. The van der Waals surface area contributed by atoms with Gasteiger partial charge in [0, 0.05) is 38.8 Å². The SMILES string of the molecule is CC(CCNC(=O)C1(N2CCCCC2)CCCCC1)N1CCN(C)CC1. The maximum Gasteiger partial charge on any atom is 0.240 e. The van der Waals surface area contributed by atoms with E-state index in [9.17, 15) is 4.79 Å². The zero-order chi connectivity index (χ0) is 18.4. The van der Waals surface area contributed by atoms with Crippen LogP contribution >= 0.6 is 0 Å². The Bertz CT molecular complexity index is 435. The van der Waals surface area contributed by atoms with Crippen LogP contribution in [0.25, 0.3) is 0 Å². The summed E-state index contributed by atoms with van der Waals surface area (Å²) in [6.07, 6.45) is 10.7. The van der Waals surface area contributed by atoms with E-state index < -0.39 is 0 Å². The molecule has 3 aliphatic rings. The molecule has 0 aromatic rings. The Morgan fingerprint density at radius 1 is 0.923 bits per heavy atom. The van der Waals surface area contributed by atoms with Crippen molar-refractivity contribution in [3.8, 4) is 0 Å². The first kappa shape index (κ1) is 20.1. The van der Waals surface area contributed by atoms with Crippen LogP contribution < -0.4 is 5.32 Å². The number of rotatable bonds is 6. The number of carbonyl (C=O) groups is 1. The van der Waals surface area contributed by atoms with Gasteiger partial charge in [-0.05, 0) is 59.2 Å². The first-order valence-electron chi connectivity index (χ1n) is 11.1. The summed E-state index contributed by atoms with van der Waals surface area (Å²) in [5.74, 6) is 0.324. The van der Waals surface area contributed by atoms with Crippen molar-refractivity contribution in [2.24, 2.45) is 0 Å². The molecule has 0 bridgehead atoms. The second-order valence-corrected chi connectivity index (χ2v) is 8.87. The highest BCUT2D eigenvalue weighted by molar-refractivity contribution is 5.86. The molecule has 5 heteroatoms. The predicted octanol–water partition coefficient (Wildman–Crippen LogP) is 2.32. The lowest BCUT2D eigenvalue weighted by Crippen LogP contribution is -2.61. The molecule has 2 aliphatic heterocycles. The quantitative estimate of drug-likeness (QED) is 0.785. The number of likely N-dealkylation sites (tertiary alicyclic amines) is 1. The molecule has 26 heavy (non-hydrogen) atoms. The van der Waals surface area contributed by atoms with E-state index in [0.29, 0.717) is 11.9 Å². The minimum absolute atomic E-state index is 0.199. The third-order valence-corrected chi connectivity index (χ3v) is 7.07. The number of carbonyl (C=O) groups excluding carboxylic acids is 1. The molecule has 0 aromatic heterocycles. The van der Waals surface area contributed by atoms with E-state index >= 15 is 0 Å². The van der Waals surface area contributed by atoms with Gasteiger partial charge in [-0.15, -0.1) is 0 Å². The Labute approximate surface area is 160 Å². The van der Waals surface area contributed by atoms with Crippen molar-refractivity contribution in [2.45, 2.75) is 76.3 Å². The summed E-state index contributed by atoms with van der Waals surface area (Å²) in [6, 6.07) is 0.557. The standard InChI is InChI=1S/C21H40N4O/c1-19(24-17-15-23(2)16-18-24)9-12-22-20(26)21(10-5-3-6-11-21)25-13-7-4-8-14-25/h19H,3-18H2,1-2H3,(H,22,26). The molecule has 0 radical (unpaired) electrons. The molecule has 1 aliphatic carbocycles. The smallest absolute Gasteiger partial charge is 0.240 e. The average molecular weight is 365 g/mol. The molecule has 1 amide bonds. The van der Waals surface area contributed by atoms with Gasteiger partial charge in [-0.25, -0.2) is 0 Å². The highest BCUT2D eigenvalue weighted by atomic mass is 16.2. The molecule has 3 fully saturated rings. The normalized spacial score (nSPS) is 27.2. The zero-order valence-corrected chi connectivity index (χ0v) is 17.1. The van der Waals surface area contributed by atoms with Gasteiger partial charge in [-0.3, -0.25) is 14.6 Å². The largest absolute Gasteiger partial charge is 0.354 e. The molecule has 3 rings (SSSR count). The molecular formula is C21H40N4O. The fourth-order valence-electron chi connectivity index (χ4n) is 5.15. The van der Waals surface area contributed by atoms with Crippen LogP contribution in [0.5, 0.6) is 0 Å². The zero-order valence-electron chi connectivity index (χ0n) is 17.1. The molecule has 0 spiro atoms. The van der Waals surface area contributed by atoms with E-state index in [1.165, 1.54) is 38.5 Å². The van der Waals surface area contributed by atoms with E-state index in [0.717, 1.165) is 65.1 Å². The van der Waals surface area contributed by atoms with Crippen LogP contribution in [0.15, 0.2) is 0 Å². The van der Waals surface area contributed by atoms with Gasteiger partial charge < -0.3 is 10.2 Å². The molecule has 0 aromatic carbocycles. The lowest BCUT2D eigenvalue weighted by Gasteiger charge is -2.46. The Morgan fingerprint density at radius 3 is 2.19 bits per heavy atom. The van der Waals surface area contributed by atoms with E-state index in [-0.39, 0.29) is 5.54 Å². The van der Waals surface area contributed by atoms with E-state index in [1.54, 1.807) is 0 Å². The maximum absolute atomic E-state index is 13.2. The van der Waals surface area contributed by atoms with Gasteiger partial charge in [0.2, 0.25) is 5.91 Å². The van der Waals surface area contributed by atoms with Gasteiger partial charge in [0.25, 0.3) is 0 Å². The fourth-order valence-corrected chi connectivity index (χ4v) is 5.15. The first-order valence-corrected chi connectivity index (χ1v) is 11.1. The minimum atomic E-state index is -0.199. The summed E-state index contributed by atoms with van der Waals surface area (Å²) in [5.41, 5.74) is -0.199. The summed E-state index contributed by atoms with van der Waals surface area (Å²) in [4.78, 5) is 20.8. The molecule has 2 heterocycles. The molecular weight excluding hydrogens is 324 g/mol. The third kappa shape index (κ3) is 4.79. The number of likely N-dealkylation sites (N-methyl/N-ethyl adjacent to an activating group) is 1. The highest BCUT2D eigenvalue weighted by Gasteiger charge is 2.44. The molecule has 1 atom stereocenters. The van der Waals surface area contributed by atoms with Crippen molar-refractivity contribution in [1.29, 1.82) is 0 Å². The molecule has 1 N–H and O–H groups in total. The number of nitrogens with zero attached hydrogens (tertiary/aromatic N) is 3. The summed E-state index contributed by atoms with van der Waals surface area (Å²) in [6.45, 7) is 10.0. The molecule has 2 saturated heterocycles. The van der Waals surface area contributed by atoms with Crippen molar-refractivity contribution < 1.29 is 4.79 Å². The Kier molecular flexibility index (Phi) is 7.35. The van der Waals surface area contributed by atoms with Crippen molar-refractivity contribution in [1.82, 2.24) is 20.0 Å². The van der Waals surface area contributed by atoms with Gasteiger partial charge in [-0.1, -0.05) is 25.7 Å². The topological polar surface area (TPSA) is 38.8 Å². The molecule has 150 valence electrons. The molecule has 1 saturated carbocycles. The van der Waals surface area contributed by atoms with Gasteiger partial charge in [0.1, 0.15) is 5.54 Å². The lowest BCUT2D eigenvalue weighted by molar-refractivity contribution is -0.137. The van der Waals surface area contributed by atoms with Crippen LogP contribution in [0, 0.1) is 0 Å². The van der Waals surface area contributed by atoms with E-state index in [1.807, 2.05) is 0 Å². The Hall–Kier alpha value is -0.650. The number of piperazine rings is 1. The van der Waals surface area contributed by atoms with E-state index in [2.05, 4.69) is 34.0 Å². The number of nitrogens with one attached hydrogen (secondary N) is 1. The Balaban J connectivity index is 1.49. The van der Waals surface area contributed by atoms with Gasteiger partial charge in [0.05, 0.1) is 0 Å². The average Bonchev–Trinajstić information content (AvgIpc) is 2.69. The van der Waals surface area contributed by atoms with Gasteiger partial charge >= 0.3 is 0 Å². The number of piperidine rings is 1.